The number of carboxylic acid groups (broad SMARTS) is 1. The van der Waals surface area contributed by atoms with E-state index in [1.807, 2.05) is 12.1 Å². The van der Waals surface area contributed by atoms with Gasteiger partial charge in [-0.05, 0) is 65.9 Å². The lowest BCUT2D eigenvalue weighted by molar-refractivity contribution is -0.139. The SMILES string of the molecule is N#CC1CC(c2cccc(-c3cc(Cl)cc(Cl)c3)c2)(N(CC(=O)O)S(=O)(=O)c2ccccc2)C1. The molecule has 0 heterocycles. The van der Waals surface area contributed by atoms with Gasteiger partial charge in [-0.2, -0.15) is 9.57 Å². The summed E-state index contributed by atoms with van der Waals surface area (Å²) in [5.74, 6) is -1.68. The zero-order valence-corrected chi connectivity index (χ0v) is 20.2. The van der Waals surface area contributed by atoms with Crippen molar-refractivity contribution in [3.05, 3.63) is 88.4 Å². The Bertz CT molecular complexity index is 1360. The zero-order chi connectivity index (χ0) is 24.5. The third kappa shape index (κ3) is 4.55. The summed E-state index contributed by atoms with van der Waals surface area (Å²) in [6.07, 6.45) is 0.366. The fraction of sp³-hybridized carbons (Fsp3) is 0.200. The molecule has 1 N–H and O–H groups in total. The van der Waals surface area contributed by atoms with Gasteiger partial charge in [0.1, 0.15) is 6.54 Å². The lowest BCUT2D eigenvalue weighted by atomic mass is 9.65. The fourth-order valence-corrected chi connectivity index (χ4v) is 6.72. The third-order valence-corrected chi connectivity index (χ3v) is 8.40. The van der Waals surface area contributed by atoms with Gasteiger partial charge in [0.25, 0.3) is 0 Å². The molecule has 0 saturated heterocycles. The van der Waals surface area contributed by atoms with Gasteiger partial charge >= 0.3 is 5.97 Å². The van der Waals surface area contributed by atoms with Crippen LogP contribution < -0.4 is 0 Å². The van der Waals surface area contributed by atoms with Crippen molar-refractivity contribution in [3.8, 4) is 17.2 Å². The van der Waals surface area contributed by atoms with Gasteiger partial charge in [0.2, 0.25) is 10.0 Å². The first-order valence-corrected chi connectivity index (χ1v) is 12.6. The predicted octanol–water partition coefficient (Wildman–Crippen LogP) is 5.56. The van der Waals surface area contributed by atoms with Crippen LogP contribution in [0.25, 0.3) is 11.1 Å². The molecule has 0 unspecified atom stereocenters. The minimum atomic E-state index is -4.18. The molecule has 1 aliphatic carbocycles. The fourth-order valence-electron chi connectivity index (χ4n) is 4.45. The van der Waals surface area contributed by atoms with E-state index >= 15 is 0 Å². The van der Waals surface area contributed by atoms with E-state index < -0.39 is 34.0 Å². The van der Waals surface area contributed by atoms with Gasteiger partial charge in [0.05, 0.1) is 22.4 Å². The summed E-state index contributed by atoms with van der Waals surface area (Å²) in [6.45, 7) is -0.734. The predicted molar refractivity (Wildman–Crippen MR) is 130 cm³/mol. The number of hydrogen-bond acceptors (Lipinski definition) is 4. The molecule has 174 valence electrons. The number of carboxylic acids is 1. The number of sulfonamides is 1. The Kier molecular flexibility index (Phi) is 6.70. The standard InChI is InChI=1S/C25H20Cl2N2O4S/c26-21-10-19(11-22(27)12-21)18-5-4-6-20(9-18)25(13-17(14-25)15-28)29(16-24(30)31)34(32,33)23-7-2-1-3-8-23/h1-12,17H,13-14,16H2,(H,30,31). The van der Waals surface area contributed by atoms with E-state index in [4.69, 9.17) is 23.2 Å². The van der Waals surface area contributed by atoms with Crippen LogP contribution in [0, 0.1) is 17.2 Å². The van der Waals surface area contributed by atoms with Gasteiger partial charge < -0.3 is 5.11 Å². The molecule has 6 nitrogen and oxygen atoms in total. The molecule has 0 amide bonds. The number of benzene rings is 3. The second kappa shape index (κ2) is 9.40. The Hall–Kier alpha value is -2.89. The van der Waals surface area contributed by atoms with Crippen LogP contribution in [-0.4, -0.2) is 30.3 Å². The van der Waals surface area contributed by atoms with Gasteiger partial charge in [0.15, 0.2) is 0 Å². The van der Waals surface area contributed by atoms with Crippen LogP contribution in [-0.2, 0) is 20.4 Å². The van der Waals surface area contributed by atoms with Gasteiger partial charge in [0, 0.05) is 10.0 Å². The summed E-state index contributed by atoms with van der Waals surface area (Å²) in [5.41, 5.74) is 0.898. The molecule has 0 radical (unpaired) electrons. The maximum Gasteiger partial charge on any atom is 0.318 e. The molecule has 1 saturated carbocycles. The highest BCUT2D eigenvalue weighted by Crippen LogP contribution is 2.52. The Morgan fingerprint density at radius 3 is 2.24 bits per heavy atom. The molecule has 0 aliphatic heterocycles. The molecule has 0 bridgehead atoms. The van der Waals surface area contributed by atoms with Crippen molar-refractivity contribution in [2.45, 2.75) is 23.3 Å². The molecule has 9 heteroatoms. The maximum atomic E-state index is 13.7. The molecular formula is C25H20Cl2N2O4S. The molecule has 0 aromatic heterocycles. The summed E-state index contributed by atoms with van der Waals surface area (Å²) in [5, 5.41) is 20.0. The van der Waals surface area contributed by atoms with E-state index in [0.29, 0.717) is 15.6 Å². The van der Waals surface area contributed by atoms with Gasteiger partial charge in [-0.25, -0.2) is 8.42 Å². The molecule has 0 spiro atoms. The van der Waals surface area contributed by atoms with Crippen LogP contribution in [0.15, 0.2) is 77.7 Å². The van der Waals surface area contributed by atoms with E-state index in [0.717, 1.165) is 15.4 Å². The molecule has 1 fully saturated rings. The van der Waals surface area contributed by atoms with Crippen molar-refractivity contribution in [2.75, 3.05) is 6.54 Å². The van der Waals surface area contributed by atoms with Crippen molar-refractivity contribution >= 4 is 39.2 Å². The summed E-state index contributed by atoms with van der Waals surface area (Å²) in [7, 11) is -4.18. The second-order valence-electron chi connectivity index (χ2n) is 8.22. The van der Waals surface area contributed by atoms with E-state index in [2.05, 4.69) is 6.07 Å². The van der Waals surface area contributed by atoms with E-state index in [1.54, 1.807) is 48.5 Å². The van der Waals surface area contributed by atoms with E-state index in [-0.39, 0.29) is 17.7 Å². The van der Waals surface area contributed by atoms with Crippen LogP contribution in [0.5, 0.6) is 0 Å². The number of carbonyl (C=O) groups is 1. The van der Waals surface area contributed by atoms with Crippen LogP contribution in [0.3, 0.4) is 0 Å². The van der Waals surface area contributed by atoms with Crippen molar-refractivity contribution < 1.29 is 18.3 Å². The van der Waals surface area contributed by atoms with Gasteiger partial charge in [-0.3, -0.25) is 4.79 Å². The molecule has 34 heavy (non-hydrogen) atoms. The average Bonchev–Trinajstić information content (AvgIpc) is 2.78. The molecule has 4 rings (SSSR count). The first-order valence-electron chi connectivity index (χ1n) is 10.4. The molecule has 3 aromatic rings. The number of hydrogen-bond donors (Lipinski definition) is 1. The molecule has 1 aliphatic rings. The molecule has 3 aromatic carbocycles. The van der Waals surface area contributed by atoms with Crippen molar-refractivity contribution in [2.24, 2.45) is 5.92 Å². The summed E-state index contributed by atoms with van der Waals surface area (Å²) in [6, 6.07) is 22.2. The normalized spacial score (nSPS) is 19.9. The number of aliphatic carboxylic acids is 1. The largest absolute Gasteiger partial charge is 0.480 e. The highest BCUT2D eigenvalue weighted by molar-refractivity contribution is 7.89. The average molecular weight is 515 g/mol. The van der Waals surface area contributed by atoms with Crippen LogP contribution >= 0.6 is 23.2 Å². The number of halogens is 2. The van der Waals surface area contributed by atoms with Crippen molar-refractivity contribution in [3.63, 3.8) is 0 Å². The van der Waals surface area contributed by atoms with Crippen LogP contribution in [0.4, 0.5) is 0 Å². The number of nitriles is 1. The van der Waals surface area contributed by atoms with E-state index in [9.17, 15) is 23.6 Å². The lowest BCUT2D eigenvalue weighted by Gasteiger charge is -2.51. The Morgan fingerprint density at radius 1 is 1.00 bits per heavy atom. The van der Waals surface area contributed by atoms with Crippen molar-refractivity contribution in [1.82, 2.24) is 4.31 Å². The third-order valence-electron chi connectivity index (χ3n) is 6.03. The van der Waals surface area contributed by atoms with Crippen LogP contribution in [0.1, 0.15) is 18.4 Å². The lowest BCUT2D eigenvalue weighted by Crippen LogP contribution is -2.58. The number of rotatable bonds is 7. The van der Waals surface area contributed by atoms with E-state index in [1.165, 1.54) is 12.1 Å². The minimum Gasteiger partial charge on any atom is -0.480 e. The first kappa shape index (κ1) is 24.2. The van der Waals surface area contributed by atoms with Crippen molar-refractivity contribution in [1.29, 1.82) is 5.26 Å². The maximum absolute atomic E-state index is 13.7. The summed E-state index contributed by atoms with van der Waals surface area (Å²) >= 11 is 12.3. The minimum absolute atomic E-state index is 0.00573. The van der Waals surface area contributed by atoms with Gasteiger partial charge in [-0.1, -0.05) is 59.6 Å². The smallest absolute Gasteiger partial charge is 0.318 e. The Morgan fingerprint density at radius 2 is 1.65 bits per heavy atom. The van der Waals surface area contributed by atoms with Crippen LogP contribution in [0.2, 0.25) is 10.0 Å². The highest BCUT2D eigenvalue weighted by Gasteiger charge is 2.55. The number of nitrogens with zero attached hydrogens (tertiary/aromatic N) is 2. The topological polar surface area (TPSA) is 98.5 Å². The zero-order valence-electron chi connectivity index (χ0n) is 17.9. The Labute approximate surface area is 208 Å². The molecule has 0 atom stereocenters. The van der Waals surface area contributed by atoms with Gasteiger partial charge in [-0.15, -0.1) is 0 Å². The quantitative estimate of drug-likeness (QED) is 0.444. The first-order chi connectivity index (χ1) is 16.2. The summed E-state index contributed by atoms with van der Waals surface area (Å²) < 4.78 is 28.4. The highest BCUT2D eigenvalue weighted by atomic mass is 35.5. The Balaban J connectivity index is 1.87. The second-order valence-corrected chi connectivity index (χ2v) is 11.0. The monoisotopic (exact) mass is 514 g/mol. The summed E-state index contributed by atoms with van der Waals surface area (Å²) in [4.78, 5) is 11.8. The molecular weight excluding hydrogens is 495 g/mol.